The molecule has 0 unspecified atom stereocenters. The molecule has 2 aliphatic rings. The maximum absolute atomic E-state index is 13.2. The van der Waals surface area contributed by atoms with Crippen LogP contribution in [0.15, 0.2) is 78.9 Å². The lowest BCUT2D eigenvalue weighted by atomic mass is 9.76. The zero-order valence-corrected chi connectivity index (χ0v) is 21.0. The van der Waals surface area contributed by atoms with Crippen molar-refractivity contribution in [2.75, 3.05) is 16.3 Å². The van der Waals surface area contributed by atoms with Crippen LogP contribution in [0.2, 0.25) is 0 Å². The summed E-state index contributed by atoms with van der Waals surface area (Å²) in [5, 5.41) is 12.3. The van der Waals surface area contributed by atoms with Gasteiger partial charge in [0.2, 0.25) is 11.8 Å². The number of fused-ring (bicyclic) bond motifs is 1. The van der Waals surface area contributed by atoms with Crippen molar-refractivity contribution in [3.8, 4) is 0 Å². The SMILES string of the molecule is C[C@@H]1CC[C@H]2C(=O)N(c3ccc(N(CCc4ccccc4)Cc4ccccc4)c([N+](=O)[O-])c3)C(=O)[C@H]2C1. The molecule has 1 saturated carbocycles. The van der Waals surface area contributed by atoms with E-state index in [-0.39, 0.29) is 35.0 Å². The Morgan fingerprint density at radius 1 is 0.892 bits per heavy atom. The minimum absolute atomic E-state index is 0.106. The molecule has 3 aromatic carbocycles. The maximum Gasteiger partial charge on any atom is 0.294 e. The molecule has 1 heterocycles. The third-order valence-corrected chi connectivity index (χ3v) is 7.67. The second-order valence-corrected chi connectivity index (χ2v) is 10.2. The van der Waals surface area contributed by atoms with Crippen LogP contribution in [0.25, 0.3) is 0 Å². The smallest absolute Gasteiger partial charge is 0.294 e. The fourth-order valence-electron chi connectivity index (χ4n) is 5.71. The summed E-state index contributed by atoms with van der Waals surface area (Å²) in [6, 6.07) is 24.6. The highest BCUT2D eigenvalue weighted by Gasteiger charge is 2.50. The van der Waals surface area contributed by atoms with E-state index in [1.165, 1.54) is 11.0 Å². The van der Waals surface area contributed by atoms with Crippen LogP contribution in [-0.2, 0) is 22.6 Å². The van der Waals surface area contributed by atoms with E-state index in [1.807, 2.05) is 65.6 Å². The monoisotopic (exact) mass is 497 g/mol. The number of hydrogen-bond acceptors (Lipinski definition) is 5. The summed E-state index contributed by atoms with van der Waals surface area (Å²) < 4.78 is 0. The molecule has 0 bridgehead atoms. The summed E-state index contributed by atoms with van der Waals surface area (Å²) in [7, 11) is 0. The number of nitro benzene ring substituents is 1. The van der Waals surface area contributed by atoms with Crippen LogP contribution >= 0.6 is 0 Å². The molecule has 0 spiro atoms. The average molecular weight is 498 g/mol. The Labute approximate surface area is 216 Å². The molecular weight excluding hydrogens is 466 g/mol. The number of imide groups is 1. The first kappa shape index (κ1) is 24.7. The van der Waals surface area contributed by atoms with Gasteiger partial charge < -0.3 is 4.90 Å². The first-order valence-corrected chi connectivity index (χ1v) is 12.9. The van der Waals surface area contributed by atoms with E-state index in [0.717, 1.165) is 24.0 Å². The molecule has 2 fully saturated rings. The molecule has 0 N–H and O–H groups in total. The van der Waals surface area contributed by atoms with Crippen molar-refractivity contribution < 1.29 is 14.5 Å². The normalized spacial score (nSPS) is 21.1. The molecule has 1 saturated heterocycles. The standard InChI is InChI=1S/C30H31N3O4/c1-21-12-14-25-26(18-21)30(35)32(29(25)34)24-13-15-27(28(19-24)33(36)37)31(20-23-10-6-3-7-11-23)17-16-22-8-4-2-5-9-22/h2-11,13,15,19,21,25-26H,12,14,16-18,20H2,1H3/t21-,25-,26+/m1/s1. The van der Waals surface area contributed by atoms with E-state index in [2.05, 4.69) is 6.92 Å². The van der Waals surface area contributed by atoms with Crippen molar-refractivity contribution in [1.29, 1.82) is 0 Å². The van der Waals surface area contributed by atoms with Crippen LogP contribution in [0.3, 0.4) is 0 Å². The van der Waals surface area contributed by atoms with Gasteiger partial charge in [-0.3, -0.25) is 19.7 Å². The largest absolute Gasteiger partial charge is 0.361 e. The Morgan fingerprint density at radius 3 is 2.22 bits per heavy atom. The molecular formula is C30H31N3O4. The topological polar surface area (TPSA) is 83.8 Å². The maximum atomic E-state index is 13.2. The predicted octanol–water partition coefficient (Wildman–Crippen LogP) is 5.77. The van der Waals surface area contributed by atoms with Gasteiger partial charge in [0.25, 0.3) is 5.69 Å². The highest BCUT2D eigenvalue weighted by molar-refractivity contribution is 6.22. The Bertz CT molecular complexity index is 1290. The van der Waals surface area contributed by atoms with Gasteiger partial charge in [-0.05, 0) is 54.9 Å². The molecule has 3 atom stereocenters. The van der Waals surface area contributed by atoms with Crippen molar-refractivity contribution in [3.63, 3.8) is 0 Å². The fourth-order valence-corrected chi connectivity index (χ4v) is 5.71. The summed E-state index contributed by atoms with van der Waals surface area (Å²) in [6.45, 7) is 3.17. The lowest BCUT2D eigenvalue weighted by molar-refractivity contribution is -0.384. The zero-order chi connectivity index (χ0) is 25.9. The summed E-state index contributed by atoms with van der Waals surface area (Å²) in [5.41, 5.74) is 2.83. The minimum Gasteiger partial charge on any atom is -0.361 e. The second-order valence-electron chi connectivity index (χ2n) is 10.2. The Hall–Kier alpha value is -4.00. The predicted molar refractivity (Wildman–Crippen MR) is 143 cm³/mol. The number of carbonyl (C=O) groups excluding carboxylic acids is 2. The van der Waals surface area contributed by atoms with Crippen LogP contribution in [0.5, 0.6) is 0 Å². The second kappa shape index (κ2) is 10.5. The summed E-state index contributed by atoms with van der Waals surface area (Å²) in [4.78, 5) is 41.4. The number of nitro groups is 1. The van der Waals surface area contributed by atoms with Crippen molar-refractivity contribution in [3.05, 3.63) is 100 Å². The van der Waals surface area contributed by atoms with Crippen LogP contribution in [0.4, 0.5) is 17.1 Å². The molecule has 1 aliphatic carbocycles. The molecule has 0 aromatic heterocycles. The van der Waals surface area contributed by atoms with Crippen LogP contribution in [0.1, 0.15) is 37.3 Å². The number of rotatable bonds is 8. The average Bonchev–Trinajstić information content (AvgIpc) is 3.16. The quantitative estimate of drug-likeness (QED) is 0.224. The van der Waals surface area contributed by atoms with Crippen molar-refractivity contribution >= 4 is 28.9 Å². The number of anilines is 2. The van der Waals surface area contributed by atoms with E-state index in [1.54, 1.807) is 12.1 Å². The van der Waals surface area contributed by atoms with Crippen LogP contribution in [0, 0.1) is 27.9 Å². The summed E-state index contributed by atoms with van der Waals surface area (Å²) in [6.07, 6.45) is 3.02. The van der Waals surface area contributed by atoms with Crippen molar-refractivity contribution in [2.45, 2.75) is 39.2 Å². The Kier molecular flexibility index (Phi) is 7.04. The molecule has 3 aromatic rings. The van der Waals surface area contributed by atoms with Gasteiger partial charge in [-0.25, -0.2) is 4.90 Å². The first-order valence-electron chi connectivity index (χ1n) is 12.9. The van der Waals surface area contributed by atoms with E-state index in [4.69, 9.17) is 0 Å². The van der Waals surface area contributed by atoms with E-state index in [9.17, 15) is 19.7 Å². The molecule has 0 radical (unpaired) electrons. The molecule has 190 valence electrons. The lowest BCUT2D eigenvalue weighted by Crippen LogP contribution is -2.31. The molecule has 7 heteroatoms. The molecule has 37 heavy (non-hydrogen) atoms. The third-order valence-electron chi connectivity index (χ3n) is 7.67. The number of carbonyl (C=O) groups is 2. The van der Waals surface area contributed by atoms with E-state index >= 15 is 0 Å². The number of benzene rings is 3. The highest BCUT2D eigenvalue weighted by Crippen LogP contribution is 2.43. The van der Waals surface area contributed by atoms with Gasteiger partial charge in [-0.2, -0.15) is 0 Å². The van der Waals surface area contributed by atoms with Gasteiger partial charge in [-0.1, -0.05) is 67.6 Å². The van der Waals surface area contributed by atoms with Crippen molar-refractivity contribution in [2.24, 2.45) is 17.8 Å². The highest BCUT2D eigenvalue weighted by atomic mass is 16.6. The Morgan fingerprint density at radius 2 is 1.54 bits per heavy atom. The van der Waals surface area contributed by atoms with Crippen LogP contribution < -0.4 is 9.80 Å². The van der Waals surface area contributed by atoms with Gasteiger partial charge in [0.15, 0.2) is 0 Å². The summed E-state index contributed by atoms with van der Waals surface area (Å²) >= 11 is 0. The lowest BCUT2D eigenvalue weighted by Gasteiger charge is -2.26. The van der Waals surface area contributed by atoms with Gasteiger partial charge in [0.1, 0.15) is 5.69 Å². The number of amides is 2. The third kappa shape index (κ3) is 5.12. The molecule has 5 rings (SSSR count). The molecule has 1 aliphatic heterocycles. The van der Waals surface area contributed by atoms with E-state index < -0.39 is 4.92 Å². The molecule has 2 amide bonds. The van der Waals surface area contributed by atoms with Gasteiger partial charge in [0, 0.05) is 19.2 Å². The van der Waals surface area contributed by atoms with Gasteiger partial charge in [0.05, 0.1) is 22.4 Å². The van der Waals surface area contributed by atoms with E-state index in [0.29, 0.717) is 37.5 Å². The summed E-state index contributed by atoms with van der Waals surface area (Å²) in [5.74, 6) is -0.702. The molecule has 7 nitrogen and oxygen atoms in total. The first-order chi connectivity index (χ1) is 17.9. The Balaban J connectivity index is 1.47. The number of hydrogen-bond donors (Lipinski definition) is 0. The number of nitrogens with zero attached hydrogens (tertiary/aromatic N) is 3. The van der Waals surface area contributed by atoms with Gasteiger partial charge in [-0.15, -0.1) is 0 Å². The minimum atomic E-state index is -0.417. The van der Waals surface area contributed by atoms with Gasteiger partial charge >= 0.3 is 0 Å². The fraction of sp³-hybridized carbons (Fsp3) is 0.333. The van der Waals surface area contributed by atoms with Crippen LogP contribution in [-0.4, -0.2) is 23.3 Å². The zero-order valence-electron chi connectivity index (χ0n) is 21.0. The van der Waals surface area contributed by atoms with Crippen molar-refractivity contribution in [1.82, 2.24) is 0 Å².